The molecule has 1 aliphatic heterocycles. The Morgan fingerprint density at radius 1 is 1.11 bits per heavy atom. The summed E-state index contributed by atoms with van der Waals surface area (Å²) in [7, 11) is 3.32. The summed E-state index contributed by atoms with van der Waals surface area (Å²) in [5.74, 6) is 2.43. The summed E-state index contributed by atoms with van der Waals surface area (Å²) in [6.07, 6.45) is 0. The quantitative estimate of drug-likeness (QED) is 0.682. The van der Waals surface area contributed by atoms with E-state index in [2.05, 4.69) is 25.2 Å². The van der Waals surface area contributed by atoms with Crippen molar-refractivity contribution >= 4 is 17.0 Å². The molecule has 1 aromatic heterocycles. The van der Waals surface area contributed by atoms with Crippen LogP contribution in [-0.4, -0.2) is 31.3 Å². The van der Waals surface area contributed by atoms with Crippen molar-refractivity contribution in [3.8, 4) is 39.1 Å². The van der Waals surface area contributed by atoms with Gasteiger partial charge < -0.3 is 19.5 Å². The maximum absolute atomic E-state index is 6.03. The van der Waals surface area contributed by atoms with Crippen LogP contribution in [0.2, 0.25) is 0 Å². The fourth-order valence-corrected chi connectivity index (χ4v) is 3.89. The molecule has 0 saturated heterocycles. The molecule has 2 aromatic carbocycles. The summed E-state index contributed by atoms with van der Waals surface area (Å²) in [6.45, 7) is 4.92. The maximum atomic E-state index is 6.03. The first kappa shape index (κ1) is 17.7. The molecule has 0 spiro atoms. The number of nitrogens with one attached hydrogen (secondary N) is 1. The second kappa shape index (κ2) is 6.78. The molecule has 0 amide bonds. The van der Waals surface area contributed by atoms with E-state index >= 15 is 0 Å². The molecule has 27 heavy (non-hydrogen) atoms. The van der Waals surface area contributed by atoms with E-state index < -0.39 is 0 Å². The number of hydrogen-bond acceptors (Lipinski definition) is 6. The van der Waals surface area contributed by atoms with Gasteiger partial charge in [0.25, 0.3) is 0 Å². The van der Waals surface area contributed by atoms with Crippen molar-refractivity contribution in [1.82, 2.24) is 4.98 Å². The molecule has 1 N–H and O–H groups in total. The first-order chi connectivity index (χ1) is 13.0. The molecule has 0 atom stereocenters. The predicted octanol–water partition coefficient (Wildman–Crippen LogP) is 5.08. The van der Waals surface area contributed by atoms with Crippen LogP contribution in [0.4, 0.5) is 5.69 Å². The van der Waals surface area contributed by atoms with Gasteiger partial charge in [0, 0.05) is 16.5 Å². The van der Waals surface area contributed by atoms with E-state index in [0.717, 1.165) is 51.3 Å². The summed E-state index contributed by atoms with van der Waals surface area (Å²) in [5, 5.41) is 6.44. The number of benzene rings is 2. The maximum Gasteiger partial charge on any atom is 0.143 e. The summed E-state index contributed by atoms with van der Waals surface area (Å²) in [4.78, 5) is 4.83. The molecule has 1 aliphatic rings. The van der Waals surface area contributed by atoms with E-state index in [9.17, 15) is 0 Å². The number of thiazole rings is 1. The molecule has 0 saturated carbocycles. The highest BCUT2D eigenvalue weighted by Gasteiger charge is 2.26. The molecule has 2 heterocycles. The van der Waals surface area contributed by atoms with E-state index in [1.165, 1.54) is 0 Å². The second-order valence-electron chi connectivity index (χ2n) is 7.03. The van der Waals surface area contributed by atoms with Crippen LogP contribution in [-0.2, 0) is 0 Å². The molecule has 6 heteroatoms. The Morgan fingerprint density at radius 3 is 2.74 bits per heavy atom. The molecule has 0 unspecified atom stereocenters. The molecule has 0 radical (unpaired) electrons. The zero-order valence-corrected chi connectivity index (χ0v) is 16.6. The Kier molecular flexibility index (Phi) is 4.44. The van der Waals surface area contributed by atoms with Crippen molar-refractivity contribution in [3.63, 3.8) is 0 Å². The monoisotopic (exact) mass is 382 g/mol. The van der Waals surface area contributed by atoms with Crippen LogP contribution in [0.3, 0.4) is 0 Å². The highest BCUT2D eigenvalue weighted by Crippen LogP contribution is 2.39. The molecular weight excluding hydrogens is 360 g/mol. The molecule has 5 nitrogen and oxygen atoms in total. The van der Waals surface area contributed by atoms with Crippen molar-refractivity contribution in [2.45, 2.75) is 19.4 Å². The number of anilines is 1. The minimum absolute atomic E-state index is 0.203. The Morgan fingerprint density at radius 2 is 1.96 bits per heavy atom. The summed E-state index contributed by atoms with van der Waals surface area (Å²) in [6, 6.07) is 11.9. The van der Waals surface area contributed by atoms with Crippen LogP contribution >= 0.6 is 11.3 Å². The molecule has 4 rings (SSSR count). The molecular formula is C21H22N2O3S. The molecule has 3 aromatic rings. The summed E-state index contributed by atoms with van der Waals surface area (Å²) < 4.78 is 16.9. The number of nitrogens with zero attached hydrogens (tertiary/aromatic N) is 1. The van der Waals surface area contributed by atoms with Crippen LogP contribution in [0.15, 0.2) is 41.8 Å². The van der Waals surface area contributed by atoms with Gasteiger partial charge in [0.2, 0.25) is 0 Å². The average Bonchev–Trinajstić information content (AvgIpc) is 3.16. The lowest BCUT2D eigenvalue weighted by atomic mass is 10.1. The van der Waals surface area contributed by atoms with Gasteiger partial charge in [-0.15, -0.1) is 11.3 Å². The Bertz CT molecular complexity index is 981. The van der Waals surface area contributed by atoms with Gasteiger partial charge in [-0.3, -0.25) is 0 Å². The smallest absolute Gasteiger partial charge is 0.143 e. The number of ether oxygens (including phenoxy) is 3. The number of aromatic nitrogens is 1. The standard InChI is InChI=1S/C21H22N2O3S/c1-21(2)12-22-16-9-13(5-7-19(16)26-21)20-23-17(11-27-20)15-10-14(24-3)6-8-18(15)25-4/h5-11,22H,12H2,1-4H3. The first-order valence-electron chi connectivity index (χ1n) is 8.74. The van der Waals surface area contributed by atoms with E-state index in [1.807, 2.05) is 35.7 Å². The lowest BCUT2D eigenvalue weighted by Crippen LogP contribution is -2.39. The minimum atomic E-state index is -0.203. The van der Waals surface area contributed by atoms with Gasteiger partial charge in [0.1, 0.15) is 27.9 Å². The third-order valence-electron chi connectivity index (χ3n) is 4.50. The molecule has 0 aliphatic carbocycles. The largest absolute Gasteiger partial charge is 0.497 e. The van der Waals surface area contributed by atoms with E-state index in [-0.39, 0.29) is 5.60 Å². The van der Waals surface area contributed by atoms with Gasteiger partial charge in [-0.1, -0.05) is 0 Å². The van der Waals surface area contributed by atoms with Crippen molar-refractivity contribution in [2.24, 2.45) is 0 Å². The van der Waals surface area contributed by atoms with Crippen LogP contribution in [0, 0.1) is 0 Å². The highest BCUT2D eigenvalue weighted by atomic mass is 32.1. The first-order valence-corrected chi connectivity index (χ1v) is 9.62. The molecule has 0 bridgehead atoms. The van der Waals surface area contributed by atoms with Crippen LogP contribution in [0.1, 0.15) is 13.8 Å². The van der Waals surface area contributed by atoms with Crippen LogP contribution < -0.4 is 19.5 Å². The van der Waals surface area contributed by atoms with Gasteiger partial charge in [0.05, 0.1) is 32.1 Å². The van der Waals surface area contributed by atoms with Gasteiger partial charge in [-0.2, -0.15) is 0 Å². The van der Waals surface area contributed by atoms with Gasteiger partial charge >= 0.3 is 0 Å². The SMILES string of the molecule is COc1ccc(OC)c(-c2csc(-c3ccc4c(c3)NCC(C)(C)O4)n2)c1. The molecule has 0 fully saturated rings. The molecule has 140 valence electrons. The lowest BCUT2D eigenvalue weighted by Gasteiger charge is -2.33. The zero-order chi connectivity index (χ0) is 19.0. The van der Waals surface area contributed by atoms with E-state index in [0.29, 0.717) is 0 Å². The number of methoxy groups -OCH3 is 2. The number of fused-ring (bicyclic) bond motifs is 1. The second-order valence-corrected chi connectivity index (χ2v) is 7.89. The van der Waals surface area contributed by atoms with Crippen molar-refractivity contribution in [1.29, 1.82) is 0 Å². The van der Waals surface area contributed by atoms with Gasteiger partial charge in [0.15, 0.2) is 0 Å². The third kappa shape index (κ3) is 3.45. The van der Waals surface area contributed by atoms with Gasteiger partial charge in [-0.25, -0.2) is 4.98 Å². The van der Waals surface area contributed by atoms with Crippen molar-refractivity contribution in [3.05, 3.63) is 41.8 Å². The predicted molar refractivity (Wildman–Crippen MR) is 109 cm³/mol. The summed E-state index contributed by atoms with van der Waals surface area (Å²) in [5.41, 5.74) is 3.64. The highest BCUT2D eigenvalue weighted by molar-refractivity contribution is 7.13. The Hall–Kier alpha value is -2.73. The van der Waals surface area contributed by atoms with E-state index in [4.69, 9.17) is 19.2 Å². The fraction of sp³-hybridized carbons (Fsp3) is 0.286. The minimum Gasteiger partial charge on any atom is -0.497 e. The average molecular weight is 382 g/mol. The fourth-order valence-electron chi connectivity index (χ4n) is 3.08. The van der Waals surface area contributed by atoms with Gasteiger partial charge in [-0.05, 0) is 50.2 Å². The zero-order valence-electron chi connectivity index (χ0n) is 15.8. The van der Waals surface area contributed by atoms with Crippen LogP contribution in [0.5, 0.6) is 17.2 Å². The summed E-state index contributed by atoms with van der Waals surface area (Å²) >= 11 is 1.60. The Balaban J connectivity index is 1.68. The number of hydrogen-bond donors (Lipinski definition) is 1. The number of rotatable bonds is 4. The van der Waals surface area contributed by atoms with E-state index in [1.54, 1.807) is 25.6 Å². The topological polar surface area (TPSA) is 52.6 Å². The van der Waals surface area contributed by atoms with Crippen LogP contribution in [0.25, 0.3) is 21.8 Å². The Labute approximate surface area is 162 Å². The van der Waals surface area contributed by atoms with Crippen molar-refractivity contribution < 1.29 is 14.2 Å². The third-order valence-corrected chi connectivity index (χ3v) is 5.40. The van der Waals surface area contributed by atoms with Crippen molar-refractivity contribution in [2.75, 3.05) is 26.1 Å². The normalized spacial score (nSPS) is 14.7. The lowest BCUT2D eigenvalue weighted by molar-refractivity contribution is 0.116.